The van der Waals surface area contributed by atoms with Crippen molar-refractivity contribution in [2.45, 2.75) is 38.6 Å². The van der Waals surface area contributed by atoms with Crippen molar-refractivity contribution in [2.24, 2.45) is 11.7 Å². The SMILES string of the molecule is CC(N)c1c(F)cccc1N(C)CC1CCCC1. The van der Waals surface area contributed by atoms with Crippen LogP contribution in [0.3, 0.4) is 0 Å². The normalized spacial score (nSPS) is 18.0. The van der Waals surface area contributed by atoms with Gasteiger partial charge in [0.2, 0.25) is 0 Å². The van der Waals surface area contributed by atoms with Gasteiger partial charge in [-0.15, -0.1) is 0 Å². The number of nitrogens with two attached hydrogens (primary N) is 1. The van der Waals surface area contributed by atoms with Crippen LogP contribution >= 0.6 is 0 Å². The van der Waals surface area contributed by atoms with Gasteiger partial charge >= 0.3 is 0 Å². The maximum Gasteiger partial charge on any atom is 0.130 e. The van der Waals surface area contributed by atoms with E-state index in [1.54, 1.807) is 6.07 Å². The Hall–Kier alpha value is -1.09. The minimum Gasteiger partial charge on any atom is -0.374 e. The lowest BCUT2D eigenvalue weighted by Crippen LogP contribution is -2.26. The molecule has 18 heavy (non-hydrogen) atoms. The highest BCUT2D eigenvalue weighted by Gasteiger charge is 2.20. The van der Waals surface area contributed by atoms with E-state index in [1.807, 2.05) is 20.0 Å². The molecule has 0 bridgehead atoms. The van der Waals surface area contributed by atoms with Gasteiger partial charge in [-0.3, -0.25) is 0 Å². The number of benzene rings is 1. The Kier molecular flexibility index (Phi) is 4.23. The van der Waals surface area contributed by atoms with Crippen LogP contribution in [0.25, 0.3) is 0 Å². The first-order valence-electron chi connectivity index (χ1n) is 6.84. The van der Waals surface area contributed by atoms with E-state index in [0.29, 0.717) is 5.56 Å². The van der Waals surface area contributed by atoms with Crippen LogP contribution in [0.1, 0.15) is 44.2 Å². The van der Waals surface area contributed by atoms with E-state index in [4.69, 9.17) is 5.73 Å². The van der Waals surface area contributed by atoms with Crippen molar-refractivity contribution < 1.29 is 4.39 Å². The molecule has 1 aliphatic carbocycles. The van der Waals surface area contributed by atoms with Crippen molar-refractivity contribution in [2.75, 3.05) is 18.5 Å². The van der Waals surface area contributed by atoms with E-state index in [9.17, 15) is 4.39 Å². The van der Waals surface area contributed by atoms with Crippen molar-refractivity contribution in [1.29, 1.82) is 0 Å². The van der Waals surface area contributed by atoms with Gasteiger partial charge in [-0.05, 0) is 37.8 Å². The minimum absolute atomic E-state index is 0.194. The fraction of sp³-hybridized carbons (Fsp3) is 0.600. The number of nitrogens with zero attached hydrogens (tertiary/aromatic N) is 1. The lowest BCUT2D eigenvalue weighted by molar-refractivity contribution is 0.542. The summed E-state index contributed by atoms with van der Waals surface area (Å²) < 4.78 is 13.9. The van der Waals surface area contributed by atoms with Gasteiger partial charge in [0.25, 0.3) is 0 Å². The molecule has 1 aromatic rings. The Morgan fingerprint density at radius 3 is 2.67 bits per heavy atom. The predicted molar refractivity (Wildman–Crippen MR) is 74.2 cm³/mol. The Labute approximate surface area is 109 Å². The van der Waals surface area contributed by atoms with E-state index in [-0.39, 0.29) is 11.9 Å². The second kappa shape index (κ2) is 5.70. The molecule has 0 aromatic heterocycles. The van der Waals surface area contributed by atoms with Crippen LogP contribution in [0, 0.1) is 11.7 Å². The lowest BCUT2D eigenvalue weighted by atomic mass is 10.0. The summed E-state index contributed by atoms with van der Waals surface area (Å²) >= 11 is 0. The highest BCUT2D eigenvalue weighted by molar-refractivity contribution is 5.55. The van der Waals surface area contributed by atoms with Crippen LogP contribution < -0.4 is 10.6 Å². The molecule has 2 nitrogen and oxygen atoms in total. The first-order chi connectivity index (χ1) is 8.59. The van der Waals surface area contributed by atoms with Crippen molar-refractivity contribution in [3.05, 3.63) is 29.6 Å². The second-order valence-corrected chi connectivity index (χ2v) is 5.49. The summed E-state index contributed by atoms with van der Waals surface area (Å²) in [5.74, 6) is 0.556. The van der Waals surface area contributed by atoms with E-state index in [0.717, 1.165) is 18.2 Å². The molecule has 100 valence electrons. The third-order valence-corrected chi connectivity index (χ3v) is 3.90. The van der Waals surface area contributed by atoms with Crippen LogP contribution in [-0.2, 0) is 0 Å². The first-order valence-corrected chi connectivity index (χ1v) is 6.84. The molecule has 0 heterocycles. The molecular formula is C15H23FN2. The van der Waals surface area contributed by atoms with Crippen molar-refractivity contribution in [1.82, 2.24) is 0 Å². The molecular weight excluding hydrogens is 227 g/mol. The Morgan fingerprint density at radius 2 is 2.06 bits per heavy atom. The summed E-state index contributed by atoms with van der Waals surface area (Å²) in [5.41, 5.74) is 7.47. The first kappa shape index (κ1) is 13.3. The van der Waals surface area contributed by atoms with Gasteiger partial charge in [0.05, 0.1) is 0 Å². The molecule has 0 spiro atoms. The van der Waals surface area contributed by atoms with E-state index >= 15 is 0 Å². The smallest absolute Gasteiger partial charge is 0.130 e. The number of anilines is 1. The minimum atomic E-state index is -0.271. The highest BCUT2D eigenvalue weighted by Crippen LogP contribution is 2.30. The Morgan fingerprint density at radius 1 is 1.39 bits per heavy atom. The van der Waals surface area contributed by atoms with E-state index in [1.165, 1.54) is 31.7 Å². The molecule has 1 fully saturated rings. The number of hydrogen-bond donors (Lipinski definition) is 1. The molecule has 0 radical (unpaired) electrons. The van der Waals surface area contributed by atoms with Gasteiger partial charge in [-0.1, -0.05) is 18.9 Å². The number of hydrogen-bond acceptors (Lipinski definition) is 2. The van der Waals surface area contributed by atoms with Gasteiger partial charge in [-0.2, -0.15) is 0 Å². The molecule has 1 unspecified atom stereocenters. The third kappa shape index (κ3) is 2.83. The van der Waals surface area contributed by atoms with E-state index in [2.05, 4.69) is 4.90 Å². The van der Waals surface area contributed by atoms with Gasteiger partial charge in [0, 0.05) is 30.9 Å². The molecule has 0 amide bonds. The van der Waals surface area contributed by atoms with Gasteiger partial charge in [0.1, 0.15) is 5.82 Å². The van der Waals surface area contributed by atoms with Crippen molar-refractivity contribution in [3.63, 3.8) is 0 Å². The van der Waals surface area contributed by atoms with Crippen LogP contribution in [-0.4, -0.2) is 13.6 Å². The lowest BCUT2D eigenvalue weighted by Gasteiger charge is -2.26. The zero-order valence-corrected chi connectivity index (χ0v) is 11.3. The third-order valence-electron chi connectivity index (χ3n) is 3.90. The summed E-state index contributed by atoms with van der Waals surface area (Å²) in [4.78, 5) is 2.16. The monoisotopic (exact) mass is 250 g/mol. The summed E-state index contributed by atoms with van der Waals surface area (Å²) in [6, 6.07) is 4.96. The topological polar surface area (TPSA) is 29.3 Å². The van der Waals surface area contributed by atoms with E-state index < -0.39 is 0 Å². The molecule has 1 aliphatic rings. The number of rotatable bonds is 4. The summed E-state index contributed by atoms with van der Waals surface area (Å²) in [5, 5.41) is 0. The van der Waals surface area contributed by atoms with Gasteiger partial charge in [-0.25, -0.2) is 4.39 Å². The molecule has 0 aliphatic heterocycles. The number of halogens is 1. The largest absolute Gasteiger partial charge is 0.374 e. The van der Waals surface area contributed by atoms with Crippen LogP contribution in [0.5, 0.6) is 0 Å². The quantitative estimate of drug-likeness (QED) is 0.886. The van der Waals surface area contributed by atoms with Crippen molar-refractivity contribution in [3.8, 4) is 0 Å². The maximum atomic E-state index is 13.9. The fourth-order valence-corrected chi connectivity index (χ4v) is 2.99. The average molecular weight is 250 g/mol. The zero-order valence-electron chi connectivity index (χ0n) is 11.3. The summed E-state index contributed by atoms with van der Waals surface area (Å²) in [6.07, 6.45) is 5.27. The molecule has 2 N–H and O–H groups in total. The van der Waals surface area contributed by atoms with Crippen LogP contribution in [0.4, 0.5) is 10.1 Å². The summed E-state index contributed by atoms with van der Waals surface area (Å²) in [6.45, 7) is 2.84. The second-order valence-electron chi connectivity index (χ2n) is 5.49. The summed E-state index contributed by atoms with van der Waals surface area (Å²) in [7, 11) is 2.04. The Balaban J connectivity index is 2.18. The maximum absolute atomic E-state index is 13.9. The van der Waals surface area contributed by atoms with Gasteiger partial charge < -0.3 is 10.6 Å². The Bertz CT molecular complexity index is 397. The molecule has 3 heteroatoms. The van der Waals surface area contributed by atoms with Crippen LogP contribution in [0.2, 0.25) is 0 Å². The predicted octanol–water partition coefficient (Wildman–Crippen LogP) is 3.47. The molecule has 1 saturated carbocycles. The van der Waals surface area contributed by atoms with Crippen molar-refractivity contribution >= 4 is 5.69 Å². The average Bonchev–Trinajstić information content (AvgIpc) is 2.80. The fourth-order valence-electron chi connectivity index (χ4n) is 2.99. The van der Waals surface area contributed by atoms with Crippen LogP contribution in [0.15, 0.2) is 18.2 Å². The van der Waals surface area contributed by atoms with Gasteiger partial charge in [0.15, 0.2) is 0 Å². The standard InChI is InChI=1S/C15H23FN2/c1-11(17)15-13(16)8-5-9-14(15)18(2)10-12-6-3-4-7-12/h5,8-9,11-12H,3-4,6-7,10,17H2,1-2H3. The zero-order chi connectivity index (χ0) is 13.1. The molecule has 1 aromatic carbocycles. The molecule has 0 saturated heterocycles. The molecule has 1 atom stereocenters. The molecule has 2 rings (SSSR count). The highest BCUT2D eigenvalue weighted by atomic mass is 19.1.